The third-order valence-corrected chi connectivity index (χ3v) is 14.4. The molecule has 0 amide bonds. The van der Waals surface area contributed by atoms with E-state index in [2.05, 4.69) is 20.8 Å². The van der Waals surface area contributed by atoms with Gasteiger partial charge < -0.3 is 44.1 Å². The van der Waals surface area contributed by atoms with E-state index in [-0.39, 0.29) is 41.8 Å². The minimum Gasteiger partial charge on any atom is -0.481 e. The number of aliphatic hydroxyl groups excluding tert-OH is 2. The van der Waals surface area contributed by atoms with E-state index in [4.69, 9.17) is 23.7 Å². The molecule has 11 heteroatoms. The Kier molecular flexibility index (Phi) is 13.0. The summed E-state index contributed by atoms with van der Waals surface area (Å²) in [5, 5.41) is 44.0. The van der Waals surface area contributed by atoms with Crippen LogP contribution in [0.25, 0.3) is 0 Å². The zero-order chi connectivity index (χ0) is 39.3. The molecule has 0 aliphatic carbocycles. The van der Waals surface area contributed by atoms with Gasteiger partial charge in [-0.3, -0.25) is 9.59 Å². The highest BCUT2D eigenvalue weighted by atomic mass is 16.8. The predicted octanol–water partition coefficient (Wildman–Crippen LogP) is 6.19. The number of hydrogen-bond donors (Lipinski definition) is 4. The molecule has 2 spiro atoms. The smallest absolute Gasteiger partial charge is 0.309 e. The number of hydrogen-bond acceptors (Lipinski definition) is 10. The van der Waals surface area contributed by atoms with Gasteiger partial charge in [0.15, 0.2) is 5.79 Å². The Balaban J connectivity index is 1.31. The van der Waals surface area contributed by atoms with Crippen molar-refractivity contribution < 1.29 is 53.7 Å². The van der Waals surface area contributed by atoms with Gasteiger partial charge in [-0.05, 0) is 95.6 Å². The van der Waals surface area contributed by atoms with Crippen molar-refractivity contribution in [3.8, 4) is 0 Å². The van der Waals surface area contributed by atoms with Crippen molar-refractivity contribution in [3.05, 3.63) is 12.2 Å². The summed E-state index contributed by atoms with van der Waals surface area (Å²) in [6.07, 6.45) is 5.51. The van der Waals surface area contributed by atoms with E-state index in [9.17, 15) is 30.0 Å². The second-order valence-electron chi connectivity index (χ2n) is 17.9. The second kappa shape index (κ2) is 16.2. The molecule has 0 bridgehead atoms. The number of rotatable bonds is 12. The van der Waals surface area contributed by atoms with Crippen LogP contribution in [-0.2, 0) is 33.3 Å². The van der Waals surface area contributed by atoms with Crippen LogP contribution in [0, 0.1) is 41.4 Å². The largest absolute Gasteiger partial charge is 0.481 e. The molecule has 5 rings (SSSR count). The Hall–Kier alpha value is -1.44. The molecule has 0 radical (unpaired) electrons. The molecular formula is C42H70O11. The number of aliphatic carboxylic acids is 1. The van der Waals surface area contributed by atoms with Crippen LogP contribution in [0.5, 0.6) is 0 Å². The Labute approximate surface area is 317 Å². The molecule has 11 nitrogen and oxygen atoms in total. The van der Waals surface area contributed by atoms with E-state index in [0.29, 0.717) is 57.8 Å². The predicted molar refractivity (Wildman–Crippen MR) is 199 cm³/mol. The first kappa shape index (κ1) is 42.7. The van der Waals surface area contributed by atoms with Crippen LogP contribution in [0.15, 0.2) is 12.2 Å². The van der Waals surface area contributed by atoms with E-state index in [0.717, 1.165) is 6.42 Å². The molecule has 0 unspecified atom stereocenters. The van der Waals surface area contributed by atoms with E-state index in [1.165, 1.54) is 0 Å². The molecule has 5 aliphatic rings. The number of carboxylic acid groups (broad SMARTS) is 1. The van der Waals surface area contributed by atoms with Crippen LogP contribution < -0.4 is 0 Å². The first-order chi connectivity index (χ1) is 24.8. The van der Waals surface area contributed by atoms with Crippen LogP contribution in [-0.4, -0.2) is 97.7 Å². The molecule has 4 saturated heterocycles. The number of carbonyl (C=O) groups is 2. The molecule has 0 aromatic heterocycles. The summed E-state index contributed by atoms with van der Waals surface area (Å²) in [4.78, 5) is 26.4. The van der Waals surface area contributed by atoms with E-state index in [1.807, 2.05) is 41.5 Å². The summed E-state index contributed by atoms with van der Waals surface area (Å²) in [7, 11) is 0. The number of ether oxygens (including phenoxy) is 5. The maximum absolute atomic E-state index is 14.4. The minimum atomic E-state index is -1.37. The molecule has 0 aromatic carbocycles. The number of aliphatic hydroxyl groups is 3. The summed E-state index contributed by atoms with van der Waals surface area (Å²) >= 11 is 0. The van der Waals surface area contributed by atoms with Crippen LogP contribution in [0.4, 0.5) is 0 Å². The molecule has 4 fully saturated rings. The van der Waals surface area contributed by atoms with Crippen molar-refractivity contribution in [2.45, 2.75) is 199 Å². The van der Waals surface area contributed by atoms with E-state index in [1.54, 1.807) is 19.1 Å². The quantitative estimate of drug-likeness (QED) is 0.169. The maximum Gasteiger partial charge on any atom is 0.309 e. The van der Waals surface area contributed by atoms with Gasteiger partial charge in [0.05, 0.1) is 53.7 Å². The lowest BCUT2D eigenvalue weighted by Gasteiger charge is -2.54. The lowest BCUT2D eigenvalue weighted by molar-refractivity contribution is -0.409. The molecule has 18 atom stereocenters. The average Bonchev–Trinajstić information content (AvgIpc) is 3.47. The van der Waals surface area contributed by atoms with Gasteiger partial charge in [-0.1, -0.05) is 55.4 Å². The number of carboxylic acids is 1. The Morgan fingerprint density at radius 3 is 2.17 bits per heavy atom. The van der Waals surface area contributed by atoms with Crippen molar-refractivity contribution in [1.82, 2.24) is 0 Å². The highest BCUT2D eigenvalue weighted by molar-refractivity contribution is 5.84. The van der Waals surface area contributed by atoms with Gasteiger partial charge in [0.1, 0.15) is 11.9 Å². The van der Waals surface area contributed by atoms with Gasteiger partial charge in [0.2, 0.25) is 5.79 Å². The standard InChI is InChI=1S/C42H70O11/c1-11-29(38(46)47)31-15-14-23(4)36(50-31)27(8)34(44)26(7)35(45)30(12-2)37-24(5)22-25(6)41(51-37)19-16-32(43)42(53-41)21-20-39(10,52-42)33-17-18-40(48,13-3)28(9)49-33/h16,19,23-34,36-37,43-44,48H,11-15,17-18,20-22H2,1-10H3,(H,46,47)/t23-,24-,25+,26-,27-,28-,29-,30-,31+,32+,33+,34+,36+,37-,39-,40+,41+,42+/m0/s1. The van der Waals surface area contributed by atoms with Gasteiger partial charge in [-0.15, -0.1) is 0 Å². The lowest BCUT2D eigenvalue weighted by Crippen LogP contribution is -2.63. The van der Waals surface area contributed by atoms with Crippen molar-refractivity contribution in [2.24, 2.45) is 41.4 Å². The SMILES string of the molecule is CC[C@H](C(=O)O)[C@H]1CC[C@H](C)[C@H]([C@@H](C)[C@H](O)[C@H](C)C(=O)[C@H](CC)[C@H]2O[C@@]3(C=C[C@@H](O)[C@@]4(CC[C@@](C)([C@H]5CC[C@](O)(CC)[C@H](C)O5)O4)O3)[C@H](C)C[C@@H]2C)O1. The van der Waals surface area contributed by atoms with Crippen molar-refractivity contribution in [3.63, 3.8) is 0 Å². The third-order valence-electron chi connectivity index (χ3n) is 14.4. The Morgan fingerprint density at radius 2 is 1.57 bits per heavy atom. The fourth-order valence-corrected chi connectivity index (χ4v) is 10.5. The molecule has 53 heavy (non-hydrogen) atoms. The molecule has 304 valence electrons. The van der Waals surface area contributed by atoms with Crippen LogP contribution in [0.1, 0.15) is 133 Å². The van der Waals surface area contributed by atoms with Gasteiger partial charge in [0.25, 0.3) is 0 Å². The fraction of sp³-hybridized carbons (Fsp3) is 0.905. The van der Waals surface area contributed by atoms with Gasteiger partial charge >= 0.3 is 5.97 Å². The zero-order valence-electron chi connectivity index (χ0n) is 34.0. The van der Waals surface area contributed by atoms with Crippen molar-refractivity contribution in [1.29, 1.82) is 0 Å². The molecular weight excluding hydrogens is 680 g/mol. The van der Waals surface area contributed by atoms with Crippen molar-refractivity contribution in [2.75, 3.05) is 0 Å². The Morgan fingerprint density at radius 1 is 0.887 bits per heavy atom. The van der Waals surface area contributed by atoms with Crippen LogP contribution in [0.3, 0.4) is 0 Å². The number of carbonyl (C=O) groups excluding carboxylic acids is 1. The van der Waals surface area contributed by atoms with Crippen molar-refractivity contribution >= 4 is 11.8 Å². The summed E-state index contributed by atoms with van der Waals surface area (Å²) < 4.78 is 33.5. The first-order valence-electron chi connectivity index (χ1n) is 20.7. The topological polar surface area (TPSA) is 161 Å². The fourth-order valence-electron chi connectivity index (χ4n) is 10.5. The summed E-state index contributed by atoms with van der Waals surface area (Å²) in [5.41, 5.74) is -1.63. The average molecular weight is 751 g/mol. The highest BCUT2D eigenvalue weighted by Gasteiger charge is 2.63. The van der Waals surface area contributed by atoms with Gasteiger partial charge in [-0.2, -0.15) is 0 Å². The van der Waals surface area contributed by atoms with E-state index < -0.39 is 76.8 Å². The monoisotopic (exact) mass is 750 g/mol. The third kappa shape index (κ3) is 7.94. The molecule has 4 N–H and O–H groups in total. The molecule has 0 aromatic rings. The molecule has 5 heterocycles. The number of Topliss-reactive ketones (excluding diaryl/α,β-unsaturated/α-hetero) is 1. The van der Waals surface area contributed by atoms with Gasteiger partial charge in [-0.25, -0.2) is 0 Å². The lowest BCUT2D eigenvalue weighted by atomic mass is 9.72. The second-order valence-corrected chi connectivity index (χ2v) is 17.9. The zero-order valence-corrected chi connectivity index (χ0v) is 34.0. The summed E-state index contributed by atoms with van der Waals surface area (Å²) in [5.74, 6) is -5.78. The molecule has 5 aliphatic heterocycles. The molecule has 0 saturated carbocycles. The summed E-state index contributed by atoms with van der Waals surface area (Å²) in [6.45, 7) is 19.6. The summed E-state index contributed by atoms with van der Waals surface area (Å²) in [6, 6.07) is 0. The van der Waals surface area contributed by atoms with Crippen LogP contribution >= 0.6 is 0 Å². The normalized spacial score (nSPS) is 46.2. The Bertz CT molecular complexity index is 1320. The van der Waals surface area contributed by atoms with E-state index >= 15 is 0 Å². The van der Waals surface area contributed by atoms with Gasteiger partial charge in [0, 0.05) is 30.1 Å². The number of ketones is 1. The first-order valence-corrected chi connectivity index (χ1v) is 20.7. The van der Waals surface area contributed by atoms with Crippen LogP contribution in [0.2, 0.25) is 0 Å². The maximum atomic E-state index is 14.4. The highest BCUT2D eigenvalue weighted by Crippen LogP contribution is 2.54. The minimum absolute atomic E-state index is 0.0137.